The minimum absolute atomic E-state index is 0.378. The zero-order valence-corrected chi connectivity index (χ0v) is 13.9. The molecule has 21 heavy (non-hydrogen) atoms. The predicted octanol–water partition coefficient (Wildman–Crippen LogP) is 4.13. The van der Waals surface area contributed by atoms with Crippen LogP contribution in [0.15, 0.2) is 41.1 Å². The molecule has 2 aromatic rings. The third-order valence-corrected chi connectivity index (χ3v) is 4.27. The molecule has 0 aliphatic rings. The Kier molecular flexibility index (Phi) is 5.20. The Morgan fingerprint density at radius 1 is 1.43 bits per heavy atom. The molecule has 1 heterocycles. The smallest absolute Gasteiger partial charge is 0.333 e. The molecule has 1 aromatic heterocycles. The molecule has 1 N–H and O–H groups in total. The van der Waals surface area contributed by atoms with Crippen molar-refractivity contribution in [2.24, 2.45) is 0 Å². The molecule has 0 radical (unpaired) electrons. The highest BCUT2D eigenvalue weighted by molar-refractivity contribution is 9.10. The second kappa shape index (κ2) is 6.91. The van der Waals surface area contributed by atoms with Gasteiger partial charge < -0.3 is 10.1 Å². The van der Waals surface area contributed by atoms with Crippen molar-refractivity contribution in [3.05, 3.63) is 57.3 Å². The third-order valence-electron chi connectivity index (χ3n) is 3.06. The zero-order valence-electron chi connectivity index (χ0n) is 11.6. The Labute approximate surface area is 136 Å². The molecular formula is C15H14BrClN2O2. The van der Waals surface area contributed by atoms with E-state index in [9.17, 15) is 4.79 Å². The van der Waals surface area contributed by atoms with Gasteiger partial charge in [-0.15, -0.1) is 0 Å². The second-order valence-corrected chi connectivity index (χ2v) is 5.72. The molecule has 2 rings (SSSR count). The lowest BCUT2D eigenvalue weighted by atomic mass is 10.0. The van der Waals surface area contributed by atoms with Gasteiger partial charge in [0.1, 0.15) is 0 Å². The van der Waals surface area contributed by atoms with E-state index in [-0.39, 0.29) is 5.97 Å². The fourth-order valence-corrected chi connectivity index (χ4v) is 2.41. The van der Waals surface area contributed by atoms with Gasteiger partial charge in [-0.1, -0.05) is 11.6 Å². The zero-order chi connectivity index (χ0) is 15.4. The van der Waals surface area contributed by atoms with Gasteiger partial charge >= 0.3 is 5.97 Å². The summed E-state index contributed by atoms with van der Waals surface area (Å²) in [5.74, 6) is -0.378. The molecule has 0 aliphatic carbocycles. The lowest BCUT2D eigenvalue weighted by molar-refractivity contribution is -0.141. The minimum atomic E-state index is -0.628. The Morgan fingerprint density at radius 2 is 2.19 bits per heavy atom. The number of ether oxygens (including phenoxy) is 1. The van der Waals surface area contributed by atoms with Gasteiger partial charge in [-0.25, -0.2) is 4.79 Å². The van der Waals surface area contributed by atoms with Crippen molar-refractivity contribution < 1.29 is 9.53 Å². The highest BCUT2D eigenvalue weighted by Gasteiger charge is 2.23. The highest BCUT2D eigenvalue weighted by atomic mass is 79.9. The number of hydrogen-bond donors (Lipinski definition) is 1. The number of carbonyl (C=O) groups is 1. The van der Waals surface area contributed by atoms with Gasteiger partial charge in [-0.2, -0.15) is 0 Å². The maximum Gasteiger partial charge on any atom is 0.333 e. The Bertz CT molecular complexity index is 664. The van der Waals surface area contributed by atoms with Gasteiger partial charge in [-0.3, -0.25) is 4.98 Å². The summed E-state index contributed by atoms with van der Waals surface area (Å²) in [7, 11) is 1.36. The summed E-state index contributed by atoms with van der Waals surface area (Å²) in [6.45, 7) is 1.92. The number of aryl methyl sites for hydroxylation is 1. The Balaban J connectivity index is 2.35. The molecular weight excluding hydrogens is 356 g/mol. The Hall–Kier alpha value is -1.59. The summed E-state index contributed by atoms with van der Waals surface area (Å²) >= 11 is 9.33. The van der Waals surface area contributed by atoms with E-state index in [1.165, 1.54) is 7.11 Å². The molecule has 110 valence electrons. The standard InChI is InChI=1S/C15H14BrClN2O2/c1-9-5-6-18-8-11(9)14(15(20)21-2)19-10-3-4-13(17)12(16)7-10/h3-8,14,19H,1-2H3. The van der Waals surface area contributed by atoms with Crippen molar-refractivity contribution in [1.29, 1.82) is 0 Å². The molecule has 0 fully saturated rings. The molecule has 0 bridgehead atoms. The first-order valence-corrected chi connectivity index (χ1v) is 7.40. The predicted molar refractivity (Wildman–Crippen MR) is 86.5 cm³/mol. The summed E-state index contributed by atoms with van der Waals surface area (Å²) < 4.78 is 5.63. The maximum atomic E-state index is 12.1. The number of esters is 1. The van der Waals surface area contributed by atoms with Gasteiger partial charge in [-0.05, 0) is 52.7 Å². The van der Waals surface area contributed by atoms with Crippen molar-refractivity contribution in [1.82, 2.24) is 4.98 Å². The number of halogens is 2. The molecule has 0 saturated carbocycles. The summed E-state index contributed by atoms with van der Waals surface area (Å²) in [6, 6.07) is 6.58. The maximum absolute atomic E-state index is 12.1. The first kappa shape index (κ1) is 15.8. The van der Waals surface area contributed by atoms with E-state index < -0.39 is 6.04 Å². The van der Waals surface area contributed by atoms with Crippen molar-refractivity contribution in [2.75, 3.05) is 12.4 Å². The lowest BCUT2D eigenvalue weighted by Crippen LogP contribution is -2.23. The highest BCUT2D eigenvalue weighted by Crippen LogP contribution is 2.29. The van der Waals surface area contributed by atoms with Crippen LogP contribution in [0.3, 0.4) is 0 Å². The summed E-state index contributed by atoms with van der Waals surface area (Å²) in [6.07, 6.45) is 3.35. The van der Waals surface area contributed by atoms with Gasteiger partial charge in [0, 0.05) is 28.1 Å². The van der Waals surface area contributed by atoms with Crippen LogP contribution >= 0.6 is 27.5 Å². The first-order valence-electron chi connectivity index (χ1n) is 6.23. The second-order valence-electron chi connectivity index (χ2n) is 4.46. The van der Waals surface area contributed by atoms with Crippen LogP contribution in [0.4, 0.5) is 5.69 Å². The number of rotatable bonds is 4. The van der Waals surface area contributed by atoms with E-state index in [2.05, 4.69) is 26.2 Å². The molecule has 0 amide bonds. The van der Waals surface area contributed by atoms with Gasteiger partial charge in [0.05, 0.1) is 12.1 Å². The minimum Gasteiger partial charge on any atom is -0.467 e. The van der Waals surface area contributed by atoms with Gasteiger partial charge in [0.25, 0.3) is 0 Å². The van der Waals surface area contributed by atoms with Crippen LogP contribution in [0.2, 0.25) is 5.02 Å². The number of aromatic nitrogens is 1. The fraction of sp³-hybridized carbons (Fsp3) is 0.200. The molecule has 4 nitrogen and oxygen atoms in total. The van der Waals surface area contributed by atoms with Crippen LogP contribution in [0.1, 0.15) is 17.2 Å². The number of anilines is 1. The largest absolute Gasteiger partial charge is 0.467 e. The number of benzene rings is 1. The summed E-state index contributed by atoms with van der Waals surface area (Å²) in [4.78, 5) is 16.1. The fourth-order valence-electron chi connectivity index (χ4n) is 1.91. The van der Waals surface area contributed by atoms with Crippen LogP contribution in [0, 0.1) is 6.92 Å². The van der Waals surface area contributed by atoms with E-state index >= 15 is 0 Å². The van der Waals surface area contributed by atoms with Gasteiger partial charge in [0.2, 0.25) is 0 Å². The molecule has 6 heteroatoms. The molecule has 0 aliphatic heterocycles. The molecule has 1 aromatic carbocycles. The summed E-state index contributed by atoms with van der Waals surface area (Å²) in [5, 5.41) is 3.76. The number of carbonyl (C=O) groups excluding carboxylic acids is 1. The average Bonchev–Trinajstić information content (AvgIpc) is 2.48. The number of pyridine rings is 1. The lowest BCUT2D eigenvalue weighted by Gasteiger charge is -2.19. The topological polar surface area (TPSA) is 51.2 Å². The monoisotopic (exact) mass is 368 g/mol. The molecule has 0 spiro atoms. The first-order chi connectivity index (χ1) is 10.0. The van der Waals surface area contributed by atoms with Crippen LogP contribution in [0.5, 0.6) is 0 Å². The molecule has 0 saturated heterocycles. The van der Waals surface area contributed by atoms with E-state index in [1.54, 1.807) is 24.5 Å². The van der Waals surface area contributed by atoms with Crippen molar-refractivity contribution in [3.63, 3.8) is 0 Å². The van der Waals surface area contributed by atoms with E-state index in [4.69, 9.17) is 16.3 Å². The van der Waals surface area contributed by atoms with Crippen LogP contribution in [0.25, 0.3) is 0 Å². The van der Waals surface area contributed by atoms with Crippen molar-refractivity contribution in [2.45, 2.75) is 13.0 Å². The van der Waals surface area contributed by atoms with Crippen molar-refractivity contribution >= 4 is 39.2 Å². The number of nitrogens with zero attached hydrogens (tertiary/aromatic N) is 1. The SMILES string of the molecule is COC(=O)C(Nc1ccc(Cl)c(Br)c1)c1cnccc1C. The average molecular weight is 370 g/mol. The molecule has 1 unspecified atom stereocenters. The van der Waals surface area contributed by atoms with E-state index in [0.29, 0.717) is 5.02 Å². The third kappa shape index (κ3) is 3.74. The van der Waals surface area contributed by atoms with Crippen LogP contribution < -0.4 is 5.32 Å². The number of nitrogens with one attached hydrogen (secondary N) is 1. The van der Waals surface area contributed by atoms with Crippen LogP contribution in [-0.2, 0) is 9.53 Å². The Morgan fingerprint density at radius 3 is 2.81 bits per heavy atom. The number of methoxy groups -OCH3 is 1. The van der Waals surface area contributed by atoms with E-state index in [1.807, 2.05) is 19.1 Å². The quantitative estimate of drug-likeness (QED) is 0.823. The summed E-state index contributed by atoms with van der Waals surface area (Å²) in [5.41, 5.74) is 2.49. The van der Waals surface area contributed by atoms with Crippen molar-refractivity contribution in [3.8, 4) is 0 Å². The van der Waals surface area contributed by atoms with E-state index in [0.717, 1.165) is 21.3 Å². The van der Waals surface area contributed by atoms with Crippen LogP contribution in [-0.4, -0.2) is 18.1 Å². The number of hydrogen-bond acceptors (Lipinski definition) is 4. The van der Waals surface area contributed by atoms with Gasteiger partial charge in [0.15, 0.2) is 6.04 Å². The molecule has 1 atom stereocenters. The normalized spacial score (nSPS) is 11.8.